The summed E-state index contributed by atoms with van der Waals surface area (Å²) in [7, 11) is 0. The molecule has 2 unspecified atom stereocenters. The van der Waals surface area contributed by atoms with Crippen molar-refractivity contribution in [1.29, 1.82) is 0 Å². The van der Waals surface area contributed by atoms with Crippen LogP contribution in [0.5, 0.6) is 0 Å². The number of hydrogen-bond acceptors (Lipinski definition) is 3. The first-order chi connectivity index (χ1) is 10.2. The van der Waals surface area contributed by atoms with Crippen LogP contribution in [0.2, 0.25) is 0 Å². The maximum atomic E-state index is 12.8. The quantitative estimate of drug-likeness (QED) is 0.925. The Morgan fingerprint density at radius 1 is 1.33 bits per heavy atom. The van der Waals surface area contributed by atoms with E-state index in [1.807, 2.05) is 19.1 Å². The second kappa shape index (κ2) is 6.14. The third-order valence-corrected chi connectivity index (χ3v) is 4.77. The minimum absolute atomic E-state index is 0.149. The molecule has 2 bridgehead atoms. The minimum atomic E-state index is 0.149. The third-order valence-electron chi connectivity index (χ3n) is 4.77. The van der Waals surface area contributed by atoms with Gasteiger partial charge in [-0.05, 0) is 51.2 Å². The number of fused-ring (bicyclic) bond motifs is 2. The number of aromatic nitrogens is 1. The summed E-state index contributed by atoms with van der Waals surface area (Å²) in [6, 6.07) is 5.43. The zero-order valence-electron chi connectivity index (χ0n) is 13.0. The molecule has 4 nitrogen and oxygen atoms in total. The monoisotopic (exact) mass is 287 g/mol. The van der Waals surface area contributed by atoms with E-state index < -0.39 is 0 Å². The van der Waals surface area contributed by atoms with E-state index in [4.69, 9.17) is 0 Å². The number of nitrogens with one attached hydrogen (secondary N) is 1. The average Bonchev–Trinajstić information content (AvgIpc) is 2.83. The summed E-state index contributed by atoms with van der Waals surface area (Å²) in [5.74, 6) is 0.149. The lowest BCUT2D eigenvalue weighted by Crippen LogP contribution is -2.50. The number of aryl methyl sites for hydroxylation is 1. The van der Waals surface area contributed by atoms with E-state index in [9.17, 15) is 4.79 Å². The highest BCUT2D eigenvalue weighted by molar-refractivity contribution is 5.94. The number of piperidine rings is 1. The van der Waals surface area contributed by atoms with Crippen molar-refractivity contribution in [2.45, 2.75) is 64.1 Å². The Labute approximate surface area is 126 Å². The second-order valence-corrected chi connectivity index (χ2v) is 6.45. The van der Waals surface area contributed by atoms with Crippen molar-refractivity contribution in [3.05, 3.63) is 29.6 Å². The fourth-order valence-electron chi connectivity index (χ4n) is 3.73. The van der Waals surface area contributed by atoms with Crippen molar-refractivity contribution < 1.29 is 4.79 Å². The van der Waals surface area contributed by atoms with Crippen molar-refractivity contribution in [1.82, 2.24) is 15.2 Å². The summed E-state index contributed by atoms with van der Waals surface area (Å²) >= 11 is 0. The maximum absolute atomic E-state index is 12.8. The Bertz CT molecular complexity index is 487. The third kappa shape index (κ3) is 3.10. The lowest BCUT2D eigenvalue weighted by molar-refractivity contribution is 0.0616. The van der Waals surface area contributed by atoms with Gasteiger partial charge in [-0.25, -0.2) is 0 Å². The van der Waals surface area contributed by atoms with Crippen LogP contribution in [0, 0.1) is 6.92 Å². The lowest BCUT2D eigenvalue weighted by atomic mass is 9.97. The molecule has 1 amide bonds. The van der Waals surface area contributed by atoms with Crippen LogP contribution in [-0.2, 0) is 0 Å². The fourth-order valence-corrected chi connectivity index (χ4v) is 3.73. The van der Waals surface area contributed by atoms with Gasteiger partial charge in [0, 0.05) is 36.6 Å². The van der Waals surface area contributed by atoms with Gasteiger partial charge in [0.05, 0.1) is 5.56 Å². The summed E-state index contributed by atoms with van der Waals surface area (Å²) < 4.78 is 0. The van der Waals surface area contributed by atoms with E-state index in [2.05, 4.69) is 22.1 Å². The van der Waals surface area contributed by atoms with E-state index in [1.54, 1.807) is 6.20 Å². The van der Waals surface area contributed by atoms with Gasteiger partial charge in [0.2, 0.25) is 0 Å². The number of pyridine rings is 1. The molecule has 3 rings (SSSR count). The van der Waals surface area contributed by atoms with Crippen molar-refractivity contribution in [3.63, 3.8) is 0 Å². The topological polar surface area (TPSA) is 45.2 Å². The van der Waals surface area contributed by atoms with E-state index >= 15 is 0 Å². The van der Waals surface area contributed by atoms with E-state index in [1.165, 1.54) is 12.8 Å². The second-order valence-electron chi connectivity index (χ2n) is 6.45. The molecule has 0 spiro atoms. The van der Waals surface area contributed by atoms with Gasteiger partial charge in [0.1, 0.15) is 0 Å². The van der Waals surface area contributed by atoms with Gasteiger partial charge in [-0.2, -0.15) is 0 Å². The zero-order chi connectivity index (χ0) is 14.8. The molecule has 1 N–H and O–H groups in total. The molecule has 0 aromatic carbocycles. The minimum Gasteiger partial charge on any atom is -0.336 e. The van der Waals surface area contributed by atoms with Crippen LogP contribution < -0.4 is 5.32 Å². The smallest absolute Gasteiger partial charge is 0.255 e. The molecule has 2 saturated heterocycles. The summed E-state index contributed by atoms with van der Waals surface area (Å²) in [6.07, 6.45) is 7.45. The van der Waals surface area contributed by atoms with E-state index in [0.717, 1.165) is 37.1 Å². The molecule has 3 heterocycles. The Kier molecular flexibility index (Phi) is 4.24. The first kappa shape index (κ1) is 14.5. The first-order valence-electron chi connectivity index (χ1n) is 8.17. The Balaban J connectivity index is 1.77. The van der Waals surface area contributed by atoms with Gasteiger partial charge >= 0.3 is 0 Å². The molecular weight excluding hydrogens is 262 g/mol. The first-order valence-corrected chi connectivity index (χ1v) is 8.17. The Hall–Kier alpha value is -1.42. The van der Waals surface area contributed by atoms with E-state index in [-0.39, 0.29) is 5.91 Å². The number of carbonyl (C=O) groups excluding carboxylic acids is 1. The number of rotatable bonds is 4. The highest BCUT2D eigenvalue weighted by Gasteiger charge is 2.37. The molecule has 2 fully saturated rings. The molecule has 0 aliphatic carbocycles. The van der Waals surface area contributed by atoms with Crippen LogP contribution in [-0.4, -0.2) is 40.5 Å². The molecular formula is C17H25N3O. The van der Waals surface area contributed by atoms with Gasteiger partial charge in [-0.15, -0.1) is 0 Å². The van der Waals surface area contributed by atoms with Gasteiger partial charge in [0.25, 0.3) is 5.91 Å². The lowest BCUT2D eigenvalue weighted by Gasteiger charge is -2.37. The van der Waals surface area contributed by atoms with Crippen molar-refractivity contribution >= 4 is 5.91 Å². The van der Waals surface area contributed by atoms with Crippen LogP contribution >= 0.6 is 0 Å². The Morgan fingerprint density at radius 2 is 2.05 bits per heavy atom. The number of amides is 1. The predicted octanol–water partition coefficient (Wildman–Crippen LogP) is 2.53. The van der Waals surface area contributed by atoms with Crippen LogP contribution in [0.3, 0.4) is 0 Å². The fraction of sp³-hybridized carbons (Fsp3) is 0.647. The highest BCUT2D eigenvalue weighted by Crippen LogP contribution is 2.30. The summed E-state index contributed by atoms with van der Waals surface area (Å²) in [5, 5.41) is 3.65. The van der Waals surface area contributed by atoms with Crippen LogP contribution in [0.25, 0.3) is 0 Å². The number of nitrogens with zero attached hydrogens (tertiary/aromatic N) is 2. The molecule has 4 heteroatoms. The number of carbonyl (C=O) groups is 1. The van der Waals surface area contributed by atoms with Crippen LogP contribution in [0.1, 0.15) is 55.1 Å². The van der Waals surface area contributed by atoms with Crippen molar-refractivity contribution in [2.75, 3.05) is 6.54 Å². The molecule has 1 aromatic rings. The van der Waals surface area contributed by atoms with E-state index in [0.29, 0.717) is 18.1 Å². The maximum Gasteiger partial charge on any atom is 0.255 e. The standard InChI is InChI=1S/C17H25N3O/c1-3-8-20(16-9-14-6-7-15(10-16)19-14)17(21)13-5-4-12(2)18-11-13/h4-5,11,14-16,19H,3,6-10H2,1-2H3. The molecule has 2 aliphatic rings. The highest BCUT2D eigenvalue weighted by atomic mass is 16.2. The van der Waals surface area contributed by atoms with Gasteiger partial charge in [0.15, 0.2) is 0 Å². The summed E-state index contributed by atoms with van der Waals surface area (Å²) in [4.78, 5) is 19.2. The molecule has 2 atom stereocenters. The van der Waals surface area contributed by atoms with Gasteiger partial charge in [-0.3, -0.25) is 9.78 Å². The summed E-state index contributed by atoms with van der Waals surface area (Å²) in [5.41, 5.74) is 1.67. The number of hydrogen-bond donors (Lipinski definition) is 1. The summed E-state index contributed by atoms with van der Waals surface area (Å²) in [6.45, 7) is 4.93. The van der Waals surface area contributed by atoms with Gasteiger partial charge < -0.3 is 10.2 Å². The molecule has 114 valence electrons. The van der Waals surface area contributed by atoms with Crippen LogP contribution in [0.15, 0.2) is 18.3 Å². The SMILES string of the molecule is CCCN(C(=O)c1ccc(C)nc1)C1CC2CCC(C1)N2. The molecule has 0 radical (unpaired) electrons. The van der Waals surface area contributed by atoms with Gasteiger partial charge in [-0.1, -0.05) is 6.92 Å². The predicted molar refractivity (Wildman–Crippen MR) is 83.3 cm³/mol. The molecule has 0 saturated carbocycles. The molecule has 21 heavy (non-hydrogen) atoms. The largest absolute Gasteiger partial charge is 0.336 e. The molecule has 2 aliphatic heterocycles. The normalized spacial score (nSPS) is 27.6. The zero-order valence-corrected chi connectivity index (χ0v) is 13.0. The van der Waals surface area contributed by atoms with Crippen molar-refractivity contribution in [3.8, 4) is 0 Å². The Morgan fingerprint density at radius 3 is 2.62 bits per heavy atom. The molecule has 1 aromatic heterocycles. The van der Waals surface area contributed by atoms with Crippen LogP contribution in [0.4, 0.5) is 0 Å². The average molecular weight is 287 g/mol. The van der Waals surface area contributed by atoms with Crippen molar-refractivity contribution in [2.24, 2.45) is 0 Å².